The van der Waals surface area contributed by atoms with Gasteiger partial charge < -0.3 is 4.90 Å². The number of hydrogen-bond acceptors (Lipinski definition) is 3. The highest BCUT2D eigenvalue weighted by molar-refractivity contribution is 9.10. The molecule has 0 amide bonds. The van der Waals surface area contributed by atoms with Crippen LogP contribution in [0.5, 0.6) is 0 Å². The first-order valence-corrected chi connectivity index (χ1v) is 13.1. The van der Waals surface area contributed by atoms with Crippen LogP contribution in [0.15, 0.2) is 33.6 Å². The Balaban J connectivity index is 1.49. The second-order valence-corrected chi connectivity index (χ2v) is 11.4. The quantitative estimate of drug-likeness (QED) is 0.553. The van der Waals surface area contributed by atoms with Crippen LogP contribution in [0.2, 0.25) is 0 Å². The van der Waals surface area contributed by atoms with Crippen molar-refractivity contribution in [2.45, 2.75) is 69.7 Å². The van der Waals surface area contributed by atoms with Crippen LogP contribution in [0, 0.1) is 11.8 Å². The normalized spacial score (nSPS) is 22.4. The number of halogens is 1. The number of likely N-dealkylation sites (tertiary alicyclic amines) is 1. The molecular weight excluding hydrogens is 436 g/mol. The van der Waals surface area contributed by atoms with Crippen molar-refractivity contribution >= 4 is 26.0 Å². The molecule has 0 aromatic heterocycles. The number of unbranched alkanes of at least 4 members (excludes halogenated alkanes) is 1. The van der Waals surface area contributed by atoms with Gasteiger partial charge in [0.05, 0.1) is 4.90 Å². The number of hydrogen-bond donors (Lipinski definition) is 0. The fraction of sp³-hybridized carbons (Fsp3) is 0.727. The standard InChI is InChI=1S/C22H35BrN2O2S/c1-3-4-5-18(2)19-10-14-24(15-11-19)21-12-16-25(17-13-21)28(26,27)22-8-6-20(23)7-9-22/h6-9,18-19,21H,3-5,10-17H2,1-2H3. The van der Waals surface area contributed by atoms with Crippen molar-refractivity contribution in [3.63, 3.8) is 0 Å². The molecule has 0 radical (unpaired) electrons. The third-order valence-corrected chi connectivity index (χ3v) is 9.22. The first kappa shape index (κ1) is 22.3. The van der Waals surface area contributed by atoms with Gasteiger partial charge in [-0.2, -0.15) is 4.31 Å². The zero-order valence-electron chi connectivity index (χ0n) is 17.3. The fourth-order valence-corrected chi connectivity index (χ4v) is 6.55. The summed E-state index contributed by atoms with van der Waals surface area (Å²) in [5.41, 5.74) is 0. The molecule has 1 aromatic rings. The van der Waals surface area contributed by atoms with Gasteiger partial charge in [-0.05, 0) is 74.9 Å². The second-order valence-electron chi connectivity index (χ2n) is 8.58. The minimum Gasteiger partial charge on any atom is -0.300 e. The third kappa shape index (κ3) is 5.38. The van der Waals surface area contributed by atoms with E-state index in [4.69, 9.17) is 0 Å². The van der Waals surface area contributed by atoms with Gasteiger partial charge in [-0.1, -0.05) is 49.0 Å². The van der Waals surface area contributed by atoms with Crippen LogP contribution < -0.4 is 0 Å². The van der Waals surface area contributed by atoms with E-state index in [9.17, 15) is 8.42 Å². The van der Waals surface area contributed by atoms with Crippen LogP contribution in [0.25, 0.3) is 0 Å². The molecule has 4 nitrogen and oxygen atoms in total. The van der Waals surface area contributed by atoms with Crippen molar-refractivity contribution in [2.75, 3.05) is 26.2 Å². The van der Waals surface area contributed by atoms with Crippen LogP contribution in [-0.4, -0.2) is 49.8 Å². The lowest BCUT2D eigenvalue weighted by Crippen LogP contribution is -2.49. The molecule has 0 spiro atoms. The summed E-state index contributed by atoms with van der Waals surface area (Å²) < 4.78 is 28.3. The topological polar surface area (TPSA) is 40.6 Å². The summed E-state index contributed by atoms with van der Waals surface area (Å²) in [7, 11) is -3.37. The van der Waals surface area contributed by atoms with E-state index in [1.54, 1.807) is 28.6 Å². The smallest absolute Gasteiger partial charge is 0.243 e. The van der Waals surface area contributed by atoms with E-state index in [2.05, 4.69) is 34.7 Å². The molecule has 2 aliphatic rings. The van der Waals surface area contributed by atoms with Crippen LogP contribution >= 0.6 is 15.9 Å². The van der Waals surface area contributed by atoms with Crippen molar-refractivity contribution in [1.82, 2.24) is 9.21 Å². The van der Waals surface area contributed by atoms with Crippen molar-refractivity contribution in [2.24, 2.45) is 11.8 Å². The monoisotopic (exact) mass is 470 g/mol. The molecular formula is C22H35BrN2O2S. The van der Waals surface area contributed by atoms with Crippen LogP contribution in [-0.2, 0) is 10.0 Å². The fourth-order valence-electron chi connectivity index (χ4n) is 4.82. The summed E-state index contributed by atoms with van der Waals surface area (Å²) in [6, 6.07) is 7.52. The molecule has 2 heterocycles. The Labute approximate surface area is 179 Å². The summed E-state index contributed by atoms with van der Waals surface area (Å²) >= 11 is 3.37. The maximum Gasteiger partial charge on any atom is 0.243 e. The summed E-state index contributed by atoms with van der Waals surface area (Å²) in [4.78, 5) is 3.03. The van der Waals surface area contributed by atoms with Gasteiger partial charge in [-0.3, -0.25) is 0 Å². The van der Waals surface area contributed by atoms with E-state index in [0.29, 0.717) is 24.0 Å². The molecule has 1 unspecified atom stereocenters. The van der Waals surface area contributed by atoms with Crippen molar-refractivity contribution in [3.05, 3.63) is 28.7 Å². The van der Waals surface area contributed by atoms with Crippen LogP contribution in [0.4, 0.5) is 0 Å². The highest BCUT2D eigenvalue weighted by Gasteiger charge is 2.33. The molecule has 0 N–H and O–H groups in total. The molecule has 1 aromatic carbocycles. The number of rotatable bonds is 7. The molecule has 6 heteroatoms. The number of sulfonamides is 1. The second kappa shape index (κ2) is 10.1. The Kier molecular flexibility index (Phi) is 7.99. The molecule has 0 aliphatic carbocycles. The molecule has 158 valence electrons. The molecule has 2 aliphatic heterocycles. The van der Waals surface area contributed by atoms with Gasteiger partial charge in [-0.15, -0.1) is 0 Å². The van der Waals surface area contributed by atoms with E-state index in [0.717, 1.165) is 29.2 Å². The predicted octanol–water partition coefficient (Wildman–Crippen LogP) is 5.14. The van der Waals surface area contributed by atoms with E-state index in [1.165, 1.54) is 45.2 Å². The molecule has 2 fully saturated rings. The highest BCUT2D eigenvalue weighted by Crippen LogP contribution is 2.31. The van der Waals surface area contributed by atoms with E-state index in [-0.39, 0.29) is 0 Å². The lowest BCUT2D eigenvalue weighted by atomic mass is 9.82. The van der Waals surface area contributed by atoms with E-state index >= 15 is 0 Å². The van der Waals surface area contributed by atoms with Gasteiger partial charge >= 0.3 is 0 Å². The number of nitrogens with zero attached hydrogens (tertiary/aromatic N) is 2. The number of benzene rings is 1. The molecule has 1 atom stereocenters. The van der Waals surface area contributed by atoms with Gasteiger partial charge in [0.25, 0.3) is 0 Å². The molecule has 3 rings (SSSR count). The Morgan fingerprint density at radius 1 is 1.04 bits per heavy atom. The first-order chi connectivity index (χ1) is 13.4. The molecule has 2 saturated heterocycles. The number of piperidine rings is 2. The lowest BCUT2D eigenvalue weighted by Gasteiger charge is -2.42. The van der Waals surface area contributed by atoms with Crippen LogP contribution in [0.1, 0.15) is 58.8 Å². The summed E-state index contributed by atoms with van der Waals surface area (Å²) in [6.07, 6.45) is 8.53. The van der Waals surface area contributed by atoms with Gasteiger partial charge in [0.1, 0.15) is 0 Å². The Bertz CT molecular complexity index is 707. The SMILES string of the molecule is CCCCC(C)C1CCN(C2CCN(S(=O)(=O)c3ccc(Br)cc3)CC2)CC1. The van der Waals surface area contributed by atoms with Crippen LogP contribution in [0.3, 0.4) is 0 Å². The average Bonchev–Trinajstić information content (AvgIpc) is 2.72. The largest absolute Gasteiger partial charge is 0.300 e. The van der Waals surface area contributed by atoms with Crippen molar-refractivity contribution in [3.8, 4) is 0 Å². The maximum absolute atomic E-state index is 12.9. The average molecular weight is 472 g/mol. The minimum atomic E-state index is -3.37. The summed E-state index contributed by atoms with van der Waals surface area (Å²) in [5, 5.41) is 0. The third-order valence-electron chi connectivity index (χ3n) is 6.78. The maximum atomic E-state index is 12.9. The van der Waals surface area contributed by atoms with E-state index in [1.807, 2.05) is 0 Å². The van der Waals surface area contributed by atoms with E-state index < -0.39 is 10.0 Å². The summed E-state index contributed by atoms with van der Waals surface area (Å²) in [6.45, 7) is 8.35. The zero-order chi connectivity index (χ0) is 20.1. The Morgan fingerprint density at radius 3 is 2.21 bits per heavy atom. The van der Waals surface area contributed by atoms with Gasteiger partial charge in [-0.25, -0.2) is 8.42 Å². The Morgan fingerprint density at radius 2 is 1.64 bits per heavy atom. The van der Waals surface area contributed by atoms with Gasteiger partial charge in [0.15, 0.2) is 0 Å². The summed E-state index contributed by atoms with van der Waals surface area (Å²) in [5.74, 6) is 1.72. The zero-order valence-corrected chi connectivity index (χ0v) is 19.7. The van der Waals surface area contributed by atoms with Crippen molar-refractivity contribution < 1.29 is 8.42 Å². The molecule has 0 saturated carbocycles. The minimum absolute atomic E-state index is 0.399. The molecule has 28 heavy (non-hydrogen) atoms. The van der Waals surface area contributed by atoms with Crippen molar-refractivity contribution in [1.29, 1.82) is 0 Å². The van der Waals surface area contributed by atoms with Gasteiger partial charge in [0, 0.05) is 23.6 Å². The predicted molar refractivity (Wildman–Crippen MR) is 119 cm³/mol. The highest BCUT2D eigenvalue weighted by atomic mass is 79.9. The Hall–Kier alpha value is -0.430. The first-order valence-electron chi connectivity index (χ1n) is 10.9. The molecule has 0 bridgehead atoms. The van der Waals surface area contributed by atoms with Gasteiger partial charge in [0.2, 0.25) is 10.0 Å². The lowest BCUT2D eigenvalue weighted by molar-refractivity contribution is 0.0813.